The Morgan fingerprint density at radius 2 is 0.940 bits per heavy atom. The third-order valence-electron chi connectivity index (χ3n) is 11.9. The van der Waals surface area contributed by atoms with Gasteiger partial charge < -0.3 is 34.3 Å². The van der Waals surface area contributed by atoms with Crippen LogP contribution in [-0.4, -0.2) is 96.0 Å². The van der Waals surface area contributed by atoms with Crippen molar-refractivity contribution in [1.29, 1.82) is 0 Å². The van der Waals surface area contributed by atoms with Gasteiger partial charge in [0.25, 0.3) is 10.1 Å². The van der Waals surface area contributed by atoms with Gasteiger partial charge in [-0.25, -0.2) is 0 Å². The summed E-state index contributed by atoms with van der Waals surface area (Å²) >= 11 is 0. The summed E-state index contributed by atoms with van der Waals surface area (Å²) in [5.74, 6) is -2.02. The number of rotatable bonds is 44. The maximum Gasteiger partial charge on any atom is 0.306 e. The molecule has 4 N–H and O–H groups in total. The summed E-state index contributed by atoms with van der Waals surface area (Å²) in [7, 11) is -4.61. The van der Waals surface area contributed by atoms with Crippen molar-refractivity contribution in [3.63, 3.8) is 0 Å². The highest BCUT2D eigenvalue weighted by Gasteiger charge is 2.46. The number of carbonyl (C=O) groups is 2. The van der Waals surface area contributed by atoms with Crippen molar-refractivity contribution in [2.75, 3.05) is 19.0 Å². The van der Waals surface area contributed by atoms with Gasteiger partial charge in [-0.05, 0) is 57.8 Å². The van der Waals surface area contributed by atoms with Crippen molar-refractivity contribution >= 4 is 22.1 Å². The highest BCUT2D eigenvalue weighted by Crippen LogP contribution is 2.24. The van der Waals surface area contributed by atoms with Gasteiger partial charge in [-0.2, -0.15) is 8.42 Å². The number of aliphatic hydroxyl groups excluding tert-OH is 3. The quantitative estimate of drug-likeness (QED) is 0.0196. The first-order valence-electron chi connectivity index (χ1n) is 26.3. The number of carbonyl (C=O) groups excluding carboxylic acids is 2. The third-order valence-corrected chi connectivity index (χ3v) is 12.6. The molecule has 1 saturated heterocycles. The van der Waals surface area contributed by atoms with Crippen molar-refractivity contribution in [2.24, 2.45) is 0 Å². The molecule has 1 rings (SSSR count). The minimum atomic E-state index is -4.61. The number of aliphatic hydroxyl groups is 3. The maximum absolute atomic E-state index is 12.9. The van der Waals surface area contributed by atoms with Crippen LogP contribution in [0.15, 0.2) is 60.8 Å². The fraction of sp³-hybridized carbons (Fsp3) is 0.778. The number of esters is 2. The lowest BCUT2D eigenvalue weighted by atomic mass is 10.00. The summed E-state index contributed by atoms with van der Waals surface area (Å²) in [4.78, 5) is 25.5. The van der Waals surface area contributed by atoms with Crippen molar-refractivity contribution in [2.45, 2.75) is 250 Å². The van der Waals surface area contributed by atoms with Crippen LogP contribution < -0.4 is 0 Å². The molecule has 67 heavy (non-hydrogen) atoms. The average Bonchev–Trinajstić information content (AvgIpc) is 3.30. The lowest BCUT2D eigenvalue weighted by molar-refractivity contribution is -0.297. The molecule has 1 fully saturated rings. The fourth-order valence-electron chi connectivity index (χ4n) is 7.82. The van der Waals surface area contributed by atoms with Crippen molar-refractivity contribution in [1.82, 2.24) is 0 Å². The van der Waals surface area contributed by atoms with E-state index in [9.17, 15) is 37.9 Å². The topological polar surface area (TPSA) is 186 Å². The molecule has 0 aromatic rings. The molecule has 388 valence electrons. The van der Waals surface area contributed by atoms with Gasteiger partial charge in [-0.1, -0.05) is 203 Å². The maximum atomic E-state index is 12.9. The van der Waals surface area contributed by atoms with E-state index in [-0.39, 0.29) is 19.4 Å². The van der Waals surface area contributed by atoms with Gasteiger partial charge >= 0.3 is 11.9 Å². The molecule has 0 spiro atoms. The Morgan fingerprint density at radius 3 is 1.40 bits per heavy atom. The summed E-state index contributed by atoms with van der Waals surface area (Å²) < 4.78 is 54.2. The van der Waals surface area contributed by atoms with Gasteiger partial charge in [0.2, 0.25) is 0 Å². The standard InChI is InChI=1S/C54H94O12S/c1-3-5-7-9-11-13-15-17-19-21-23-25-26-28-30-32-34-36-38-40-42-49(55)63-44-47(45-64-54-53(59)52(58)51(57)48(66-54)46-67(60,61)62)65-50(56)43-41-39-37-35-33-31-29-27-24-22-20-18-16-14-12-10-8-6-4-2/h6,8,12,14,18,20,24,27,31,33,47-48,51-54,57-59H,3-5,7,9-11,13,15-17,19,21-23,25-26,28-30,32,34-46H2,1-2H3,(H,60,61,62)/b8-6-,14-12-,20-18-,27-24-,33-31-. The first-order valence-corrected chi connectivity index (χ1v) is 28.0. The molecule has 0 aliphatic carbocycles. The molecule has 12 nitrogen and oxygen atoms in total. The second-order valence-electron chi connectivity index (χ2n) is 18.2. The van der Waals surface area contributed by atoms with Gasteiger partial charge in [0.05, 0.1) is 6.61 Å². The molecule has 1 heterocycles. The Bertz CT molecular complexity index is 1460. The van der Waals surface area contributed by atoms with E-state index in [1.54, 1.807) is 0 Å². The zero-order chi connectivity index (χ0) is 49.1. The van der Waals surface area contributed by atoms with Gasteiger partial charge in [0.15, 0.2) is 12.4 Å². The number of ether oxygens (including phenoxy) is 4. The minimum Gasteiger partial charge on any atom is -0.462 e. The molecule has 0 saturated carbocycles. The monoisotopic (exact) mass is 967 g/mol. The molecule has 0 bridgehead atoms. The van der Waals surface area contributed by atoms with E-state index in [1.807, 2.05) is 0 Å². The van der Waals surface area contributed by atoms with Gasteiger partial charge in [0.1, 0.15) is 36.8 Å². The molecular formula is C54H94O12S. The summed E-state index contributed by atoms with van der Waals surface area (Å²) in [6.45, 7) is 3.65. The SMILES string of the molecule is CC/C=C\C/C=C\C/C=C\C/C=C\C/C=C\CCCCCC(=O)OC(COC(=O)CCCCCCCCCCCCCCCCCCCCCC)COC1OC(CS(=O)(=O)O)C(O)C(O)C1O. The minimum absolute atomic E-state index is 0.124. The van der Waals surface area contributed by atoms with Crippen LogP contribution in [0.5, 0.6) is 0 Å². The van der Waals surface area contributed by atoms with Crippen molar-refractivity contribution in [3.8, 4) is 0 Å². The fourth-order valence-corrected chi connectivity index (χ4v) is 8.51. The van der Waals surface area contributed by atoms with Gasteiger partial charge in [-0.3, -0.25) is 14.1 Å². The van der Waals surface area contributed by atoms with E-state index in [4.69, 9.17) is 18.9 Å². The largest absolute Gasteiger partial charge is 0.462 e. The molecule has 0 amide bonds. The van der Waals surface area contributed by atoms with Crippen LogP contribution >= 0.6 is 0 Å². The smallest absolute Gasteiger partial charge is 0.306 e. The predicted molar refractivity (Wildman–Crippen MR) is 270 cm³/mol. The van der Waals surface area contributed by atoms with Crippen LogP contribution in [0.3, 0.4) is 0 Å². The zero-order valence-corrected chi connectivity index (χ0v) is 42.6. The normalized spacial score (nSPS) is 19.8. The number of allylic oxidation sites excluding steroid dienone is 10. The third kappa shape index (κ3) is 37.9. The Labute approximate surface area is 406 Å². The first kappa shape index (κ1) is 62.4. The van der Waals surface area contributed by atoms with Gasteiger partial charge in [0, 0.05) is 12.8 Å². The second kappa shape index (κ2) is 43.4. The van der Waals surface area contributed by atoms with E-state index in [0.717, 1.165) is 70.6 Å². The Balaban J connectivity index is 2.38. The van der Waals surface area contributed by atoms with Crippen molar-refractivity contribution in [3.05, 3.63) is 60.8 Å². The van der Waals surface area contributed by atoms with Crippen LogP contribution in [0.4, 0.5) is 0 Å². The average molecular weight is 967 g/mol. The molecule has 1 aliphatic heterocycles. The number of unbranched alkanes of at least 4 members (excludes halogenated alkanes) is 22. The van der Waals surface area contributed by atoms with E-state index >= 15 is 0 Å². The summed E-state index contributed by atoms with van der Waals surface area (Å²) in [6, 6.07) is 0. The second-order valence-corrected chi connectivity index (χ2v) is 19.7. The van der Waals surface area contributed by atoms with E-state index in [1.165, 1.54) is 103 Å². The highest BCUT2D eigenvalue weighted by molar-refractivity contribution is 7.85. The van der Waals surface area contributed by atoms with Crippen LogP contribution in [0.1, 0.15) is 213 Å². The van der Waals surface area contributed by atoms with Crippen LogP contribution in [0, 0.1) is 0 Å². The van der Waals surface area contributed by atoms with Crippen LogP contribution in [0.2, 0.25) is 0 Å². The Kier molecular flexibility index (Phi) is 40.4. The van der Waals surface area contributed by atoms with E-state index in [0.29, 0.717) is 12.8 Å². The molecule has 0 aromatic carbocycles. The van der Waals surface area contributed by atoms with Crippen LogP contribution in [0.25, 0.3) is 0 Å². The Morgan fingerprint density at radius 1 is 0.522 bits per heavy atom. The molecule has 6 unspecified atom stereocenters. The molecule has 6 atom stereocenters. The molecular weight excluding hydrogens is 873 g/mol. The van der Waals surface area contributed by atoms with Crippen molar-refractivity contribution < 1.29 is 56.8 Å². The highest BCUT2D eigenvalue weighted by atomic mass is 32.2. The number of hydrogen-bond acceptors (Lipinski definition) is 11. The van der Waals surface area contributed by atoms with Gasteiger partial charge in [-0.15, -0.1) is 0 Å². The first-order chi connectivity index (χ1) is 32.5. The molecule has 0 radical (unpaired) electrons. The van der Waals surface area contributed by atoms with Crippen LogP contribution in [-0.2, 0) is 38.7 Å². The predicted octanol–water partition coefficient (Wildman–Crippen LogP) is 12.1. The summed E-state index contributed by atoms with van der Waals surface area (Å²) in [5.41, 5.74) is 0. The summed E-state index contributed by atoms with van der Waals surface area (Å²) in [5, 5.41) is 31.0. The lowest BCUT2D eigenvalue weighted by Crippen LogP contribution is -2.60. The summed E-state index contributed by atoms with van der Waals surface area (Å²) in [6.07, 6.45) is 45.5. The van der Waals surface area contributed by atoms with E-state index < -0.39 is 71.2 Å². The molecule has 1 aliphatic rings. The lowest BCUT2D eigenvalue weighted by Gasteiger charge is -2.40. The molecule has 0 aromatic heterocycles. The zero-order valence-electron chi connectivity index (χ0n) is 41.7. The molecule has 13 heteroatoms. The number of hydrogen-bond donors (Lipinski definition) is 4. The Hall–Kier alpha value is -2.65. The van der Waals surface area contributed by atoms with E-state index in [2.05, 4.69) is 74.6 Å².